The van der Waals surface area contributed by atoms with E-state index in [1.807, 2.05) is 12.1 Å². The van der Waals surface area contributed by atoms with Crippen LogP contribution in [0.5, 0.6) is 23.1 Å². The number of hydrogen-bond acceptors (Lipinski definition) is 15. The highest BCUT2D eigenvalue weighted by molar-refractivity contribution is 7.90. The summed E-state index contributed by atoms with van der Waals surface area (Å²) in [6, 6.07) is 25.2. The van der Waals surface area contributed by atoms with Gasteiger partial charge >= 0.3 is 5.69 Å². The number of sulfonamides is 1. The Morgan fingerprint density at radius 2 is 1.74 bits per heavy atom. The van der Waals surface area contributed by atoms with Gasteiger partial charge in [0.15, 0.2) is 5.75 Å². The van der Waals surface area contributed by atoms with Crippen molar-refractivity contribution < 1.29 is 41.5 Å². The lowest BCUT2D eigenvalue weighted by molar-refractivity contribution is -0.384. The molecular weight excluding hydrogens is 994 g/mol. The number of H-pyrrole nitrogens is 1. The number of hydrogen-bond donors (Lipinski definition) is 3. The van der Waals surface area contributed by atoms with Crippen molar-refractivity contribution in [1.82, 2.24) is 29.5 Å². The number of benzene rings is 3. The summed E-state index contributed by atoms with van der Waals surface area (Å²) in [5, 5.41) is 15.3. The zero-order valence-electron chi connectivity index (χ0n) is 43.4. The molecule has 6 heterocycles. The fourth-order valence-electron chi connectivity index (χ4n) is 11.7. The Morgan fingerprint density at radius 3 is 2.46 bits per heavy atom. The van der Waals surface area contributed by atoms with Gasteiger partial charge in [-0.05, 0) is 103 Å². The van der Waals surface area contributed by atoms with Crippen molar-refractivity contribution in [2.24, 2.45) is 11.3 Å². The van der Waals surface area contributed by atoms with Crippen molar-refractivity contribution in [1.29, 1.82) is 0 Å². The van der Waals surface area contributed by atoms with Crippen LogP contribution in [-0.4, -0.2) is 117 Å². The molecule has 402 valence electrons. The van der Waals surface area contributed by atoms with Crippen molar-refractivity contribution in [2.45, 2.75) is 88.2 Å². The molecule has 3 N–H and O–H groups in total. The van der Waals surface area contributed by atoms with E-state index >= 15 is 0 Å². The molecule has 4 fully saturated rings. The Morgan fingerprint density at radius 1 is 0.974 bits per heavy atom. The van der Waals surface area contributed by atoms with Crippen LogP contribution in [0.1, 0.15) is 97.8 Å². The maximum absolute atomic E-state index is 14.9. The number of amides is 1. The maximum Gasteiger partial charge on any atom is 0.312 e. The highest BCUT2D eigenvalue weighted by atomic mass is 32.2. The molecule has 3 saturated heterocycles. The predicted octanol–water partition coefficient (Wildman–Crippen LogP) is 9.59. The Kier molecular flexibility index (Phi) is 15.5. The predicted molar refractivity (Wildman–Crippen MR) is 286 cm³/mol. The Labute approximate surface area is 442 Å². The minimum Gasteiger partial charge on any atom is -0.497 e. The first-order chi connectivity index (χ1) is 36.7. The van der Waals surface area contributed by atoms with Crippen molar-refractivity contribution in [3.63, 3.8) is 0 Å². The topological polar surface area (TPSA) is 207 Å². The van der Waals surface area contributed by atoms with Crippen LogP contribution in [-0.2, 0) is 21.3 Å². The highest BCUT2D eigenvalue weighted by Crippen LogP contribution is 2.53. The summed E-state index contributed by atoms with van der Waals surface area (Å²) in [7, 11) is -1.65. The molecule has 76 heavy (non-hydrogen) atoms. The summed E-state index contributed by atoms with van der Waals surface area (Å²) in [5.74, 6) is -0.167. The van der Waals surface area contributed by atoms with Gasteiger partial charge in [-0.25, -0.2) is 22.5 Å². The summed E-state index contributed by atoms with van der Waals surface area (Å²) >= 11 is 0. The molecule has 3 aromatic carbocycles. The first-order valence-corrected chi connectivity index (χ1v) is 27.7. The number of nitro groups is 1. The van der Waals surface area contributed by atoms with Crippen LogP contribution < -0.4 is 29.1 Å². The molecule has 1 atom stereocenters. The average Bonchev–Trinajstić information content (AvgIpc) is 3.78. The molecule has 10 rings (SSSR count). The van der Waals surface area contributed by atoms with Crippen molar-refractivity contribution >= 4 is 44.2 Å². The van der Waals surface area contributed by atoms with Crippen LogP contribution in [0, 0.1) is 27.3 Å². The van der Waals surface area contributed by atoms with E-state index in [4.69, 9.17) is 18.9 Å². The number of ether oxygens (including phenoxy) is 4. The highest BCUT2D eigenvalue weighted by Gasteiger charge is 2.50. The van der Waals surface area contributed by atoms with Crippen LogP contribution in [0.2, 0.25) is 0 Å². The quantitative estimate of drug-likeness (QED) is 0.0541. The van der Waals surface area contributed by atoms with Crippen LogP contribution in [0.4, 0.5) is 21.6 Å². The second-order valence-electron chi connectivity index (χ2n) is 21.0. The number of anilines is 2. The van der Waals surface area contributed by atoms with Crippen molar-refractivity contribution in [3.8, 4) is 23.1 Å². The number of nitrogens with zero attached hydrogens (tertiary/aromatic N) is 6. The third-order valence-electron chi connectivity index (χ3n) is 16.0. The smallest absolute Gasteiger partial charge is 0.312 e. The van der Waals surface area contributed by atoms with Gasteiger partial charge in [-0.1, -0.05) is 50.2 Å². The van der Waals surface area contributed by atoms with E-state index in [0.717, 1.165) is 114 Å². The van der Waals surface area contributed by atoms with Gasteiger partial charge in [-0.2, -0.15) is 4.98 Å². The molecule has 1 aliphatic carbocycles. The monoisotopic (exact) mass is 1060 g/mol. The maximum atomic E-state index is 14.9. The number of aromatic nitrogens is 3. The molecule has 0 bridgehead atoms. The standard InChI is InChI=1S/C56H66FN9O9S/c1-36(2)43-7-5-6-8-44(43)49-35-63(34-38-9-12-41(72-3)13-10-38)23-24-65(49)40-30-56(31-40)18-21-64(22-19-56)39-11-14-45(50(27-39)75-51-29-46-47(57)33-60-52(46)61-55(51)73-4)54(67)62-76(70,71)42-28-48(66(68)69)53(59-32-42)58-20-15-37-16-25-74-26-17-37/h5-14,27-29,32-33,36-37,40,49H,15-26,30-31,34-35H2,1-4H3,(H,58,59)(H,60,61)(H,62,67)/t49-/m0/s1. The lowest BCUT2D eigenvalue weighted by atomic mass is 9.59. The summed E-state index contributed by atoms with van der Waals surface area (Å²) in [5.41, 5.74) is 4.46. The van der Waals surface area contributed by atoms with E-state index in [-0.39, 0.29) is 51.3 Å². The van der Waals surface area contributed by atoms with Gasteiger partial charge in [-0.3, -0.25) is 24.7 Å². The summed E-state index contributed by atoms with van der Waals surface area (Å²) in [6.07, 6.45) is 8.74. The molecule has 3 aromatic heterocycles. The first kappa shape index (κ1) is 52.6. The third-order valence-corrected chi connectivity index (χ3v) is 17.3. The number of aromatic amines is 1. The number of piperidine rings is 1. The van der Waals surface area contributed by atoms with Gasteiger partial charge in [0.05, 0.1) is 36.3 Å². The Hall–Kier alpha value is -6.87. The minimum atomic E-state index is -4.72. The zero-order chi connectivity index (χ0) is 53.1. The van der Waals surface area contributed by atoms with Gasteiger partial charge < -0.3 is 34.1 Å². The Balaban J connectivity index is 0.855. The van der Waals surface area contributed by atoms with Gasteiger partial charge in [0.1, 0.15) is 27.9 Å². The van der Waals surface area contributed by atoms with E-state index in [2.05, 4.69) is 89.9 Å². The largest absolute Gasteiger partial charge is 0.497 e. The van der Waals surface area contributed by atoms with E-state index in [0.29, 0.717) is 37.6 Å². The summed E-state index contributed by atoms with van der Waals surface area (Å²) < 4.78 is 67.4. The Bertz CT molecular complexity index is 3170. The van der Waals surface area contributed by atoms with Crippen molar-refractivity contribution in [3.05, 3.63) is 129 Å². The number of fused-ring (bicyclic) bond motifs is 1. The second-order valence-corrected chi connectivity index (χ2v) is 22.7. The van der Waals surface area contributed by atoms with Crippen molar-refractivity contribution in [2.75, 3.05) is 76.9 Å². The molecule has 1 spiro atoms. The molecule has 3 aliphatic heterocycles. The van der Waals surface area contributed by atoms with Crippen LogP contribution in [0.15, 0.2) is 96.2 Å². The van der Waals surface area contributed by atoms with E-state index < -0.39 is 37.3 Å². The molecule has 6 aromatic rings. The minimum absolute atomic E-state index is 0.00777. The number of methoxy groups -OCH3 is 2. The number of nitrogens with one attached hydrogen (secondary N) is 3. The van der Waals surface area contributed by atoms with Crippen LogP contribution in [0.25, 0.3) is 11.0 Å². The van der Waals surface area contributed by atoms with Gasteiger partial charge in [0.25, 0.3) is 21.8 Å². The van der Waals surface area contributed by atoms with Gasteiger partial charge in [0.2, 0.25) is 5.82 Å². The lowest BCUT2D eigenvalue weighted by Crippen LogP contribution is -2.60. The first-order valence-electron chi connectivity index (χ1n) is 26.2. The third kappa shape index (κ3) is 11.3. The van der Waals surface area contributed by atoms with E-state index in [9.17, 15) is 27.7 Å². The molecule has 1 amide bonds. The lowest BCUT2D eigenvalue weighted by Gasteiger charge is -2.58. The van der Waals surface area contributed by atoms with Gasteiger partial charge in [0, 0.05) is 101 Å². The molecule has 0 unspecified atom stereocenters. The molecule has 20 heteroatoms. The second kappa shape index (κ2) is 22.4. The number of carbonyl (C=O) groups is 1. The van der Waals surface area contributed by atoms with E-state index in [1.165, 1.54) is 35.9 Å². The fourth-order valence-corrected chi connectivity index (χ4v) is 12.6. The SMILES string of the molecule is COc1ccc(CN2CCN(C3CC4(CCN(c5ccc(C(=O)NS(=O)(=O)c6cnc(NCCC7CCOCC7)c([N+](=O)[O-])c6)c(Oc6cc7c(F)c[nH]c7nc6OC)c5)CC4)C3)[C@H](c3ccccc3C(C)C)C2)cc1. The number of piperazine rings is 1. The zero-order valence-corrected chi connectivity index (χ0v) is 44.2. The van der Waals surface area contributed by atoms with E-state index in [1.54, 1.807) is 19.2 Å². The van der Waals surface area contributed by atoms with Gasteiger partial charge in [-0.15, -0.1) is 0 Å². The number of rotatable bonds is 18. The molecule has 18 nitrogen and oxygen atoms in total. The number of carbonyl (C=O) groups excluding carboxylic acids is 1. The molecule has 1 saturated carbocycles. The summed E-state index contributed by atoms with van der Waals surface area (Å²) in [6.45, 7) is 11.5. The van der Waals surface area contributed by atoms with Crippen LogP contribution in [0.3, 0.4) is 0 Å². The normalized spacial score (nSPS) is 18.7. The average molecular weight is 1060 g/mol. The summed E-state index contributed by atoms with van der Waals surface area (Å²) in [4.78, 5) is 43.9. The molecular formula is C56H66FN9O9S. The fraction of sp³-hybridized carbons (Fsp3) is 0.446. The molecule has 4 aliphatic rings. The number of pyridine rings is 2. The van der Waals surface area contributed by atoms with Crippen LogP contribution >= 0.6 is 0 Å². The number of halogens is 1. The molecule has 0 radical (unpaired) electrons.